The number of amides is 1. The van der Waals surface area contributed by atoms with Crippen LogP contribution in [0.4, 0.5) is 4.79 Å². The molecule has 0 saturated carbocycles. The average molecular weight is 397 g/mol. The van der Waals surface area contributed by atoms with E-state index in [1.807, 2.05) is 55.5 Å². The number of fused-ring (bicyclic) bond motifs is 3. The maximum absolute atomic E-state index is 12.1. The molecule has 0 aromatic heterocycles. The molecule has 0 spiro atoms. The number of benzene rings is 3. The number of hydrogen-bond donors (Lipinski definition) is 1. The first-order valence-corrected chi connectivity index (χ1v) is 10.1. The minimum atomic E-state index is -0.460. The molecule has 4 rings (SSSR count). The number of ether oxygens (including phenoxy) is 2. The normalized spacial score (nSPS) is 11.6. The van der Waals surface area contributed by atoms with Crippen LogP contribution < -0.4 is 10.1 Å². The number of rotatable bonds is 5. The van der Waals surface area contributed by atoms with Gasteiger partial charge in [-0.1, -0.05) is 60.4 Å². The molecule has 0 fully saturated rings. The zero-order chi connectivity index (χ0) is 20.8. The van der Waals surface area contributed by atoms with Crippen molar-refractivity contribution in [3.63, 3.8) is 0 Å². The Morgan fingerprint density at radius 1 is 0.933 bits per heavy atom. The zero-order valence-corrected chi connectivity index (χ0v) is 16.9. The summed E-state index contributed by atoms with van der Waals surface area (Å²) in [5, 5.41) is 2.70. The Kier molecular flexibility index (Phi) is 6.01. The summed E-state index contributed by atoms with van der Waals surface area (Å²) < 4.78 is 10.9. The first kappa shape index (κ1) is 19.6. The van der Waals surface area contributed by atoms with Crippen LogP contribution in [0.3, 0.4) is 0 Å². The summed E-state index contributed by atoms with van der Waals surface area (Å²) in [5.74, 6) is 6.83. The number of nitrogens with one attached hydrogen (secondary N) is 1. The molecule has 4 nitrogen and oxygen atoms in total. The maximum Gasteiger partial charge on any atom is 0.407 e. The van der Waals surface area contributed by atoms with Crippen LogP contribution in [-0.2, 0) is 4.74 Å². The third-order valence-electron chi connectivity index (χ3n) is 5.06. The molecule has 0 unspecified atom stereocenters. The molecule has 1 amide bonds. The van der Waals surface area contributed by atoms with E-state index in [1.165, 1.54) is 22.3 Å². The van der Waals surface area contributed by atoms with Crippen molar-refractivity contribution in [2.75, 3.05) is 19.8 Å². The van der Waals surface area contributed by atoms with Crippen molar-refractivity contribution in [1.82, 2.24) is 5.32 Å². The SMILES string of the molecule is CCOc1ccc(C#CCNC(=O)OCC2c3ccccc3-c3ccccc32)cc1. The third kappa shape index (κ3) is 4.31. The fourth-order valence-electron chi connectivity index (χ4n) is 3.71. The zero-order valence-electron chi connectivity index (χ0n) is 16.9. The third-order valence-corrected chi connectivity index (χ3v) is 5.06. The van der Waals surface area contributed by atoms with Crippen molar-refractivity contribution in [2.24, 2.45) is 0 Å². The predicted molar refractivity (Wildman–Crippen MR) is 118 cm³/mol. The Balaban J connectivity index is 1.31. The lowest BCUT2D eigenvalue weighted by molar-refractivity contribution is 0.144. The highest BCUT2D eigenvalue weighted by atomic mass is 16.5. The maximum atomic E-state index is 12.1. The molecule has 0 saturated heterocycles. The molecule has 0 bridgehead atoms. The molecule has 0 atom stereocenters. The van der Waals surface area contributed by atoms with Gasteiger partial charge in [-0.2, -0.15) is 0 Å². The molecule has 4 heteroatoms. The topological polar surface area (TPSA) is 47.6 Å². The van der Waals surface area contributed by atoms with Crippen molar-refractivity contribution in [2.45, 2.75) is 12.8 Å². The van der Waals surface area contributed by atoms with Crippen LogP contribution in [0.2, 0.25) is 0 Å². The van der Waals surface area contributed by atoms with E-state index < -0.39 is 6.09 Å². The van der Waals surface area contributed by atoms with Gasteiger partial charge in [-0.15, -0.1) is 0 Å². The van der Waals surface area contributed by atoms with Crippen molar-refractivity contribution in [3.05, 3.63) is 89.5 Å². The van der Waals surface area contributed by atoms with Gasteiger partial charge < -0.3 is 14.8 Å². The van der Waals surface area contributed by atoms with Crippen LogP contribution >= 0.6 is 0 Å². The molecule has 0 aliphatic heterocycles. The number of hydrogen-bond acceptors (Lipinski definition) is 3. The van der Waals surface area contributed by atoms with Gasteiger partial charge in [0.1, 0.15) is 12.4 Å². The monoisotopic (exact) mass is 397 g/mol. The van der Waals surface area contributed by atoms with Crippen molar-refractivity contribution < 1.29 is 14.3 Å². The van der Waals surface area contributed by atoms with Gasteiger partial charge >= 0.3 is 6.09 Å². The summed E-state index contributed by atoms with van der Waals surface area (Å²) in [6.45, 7) is 3.11. The molecule has 1 aliphatic carbocycles. The quantitative estimate of drug-likeness (QED) is 0.618. The average Bonchev–Trinajstić information content (AvgIpc) is 3.10. The van der Waals surface area contributed by atoms with Crippen molar-refractivity contribution in [1.29, 1.82) is 0 Å². The molecule has 3 aromatic rings. The molecule has 0 heterocycles. The van der Waals surface area contributed by atoms with Crippen molar-refractivity contribution >= 4 is 6.09 Å². The number of carbonyl (C=O) groups is 1. The predicted octanol–water partition coefficient (Wildman–Crippen LogP) is 4.98. The fourth-order valence-corrected chi connectivity index (χ4v) is 3.71. The van der Waals surface area contributed by atoms with E-state index in [4.69, 9.17) is 9.47 Å². The lowest BCUT2D eigenvalue weighted by Gasteiger charge is -2.14. The fraction of sp³-hybridized carbons (Fsp3) is 0.192. The summed E-state index contributed by atoms with van der Waals surface area (Å²) in [7, 11) is 0. The highest BCUT2D eigenvalue weighted by molar-refractivity contribution is 5.79. The molecular formula is C26H23NO3. The van der Waals surface area contributed by atoms with Crippen LogP contribution in [0.5, 0.6) is 5.75 Å². The second kappa shape index (κ2) is 9.19. The van der Waals surface area contributed by atoms with Crippen LogP contribution in [0.1, 0.15) is 29.5 Å². The molecule has 30 heavy (non-hydrogen) atoms. The van der Waals surface area contributed by atoms with Crippen LogP contribution in [0, 0.1) is 11.8 Å². The van der Waals surface area contributed by atoms with E-state index >= 15 is 0 Å². The van der Waals surface area contributed by atoms with Crippen molar-refractivity contribution in [3.8, 4) is 28.7 Å². The first-order valence-electron chi connectivity index (χ1n) is 10.1. The molecule has 1 N–H and O–H groups in total. The Hall–Kier alpha value is -3.71. The van der Waals surface area contributed by atoms with Gasteiger partial charge in [0.2, 0.25) is 0 Å². The molecule has 0 radical (unpaired) electrons. The van der Waals surface area contributed by atoms with Crippen LogP contribution in [-0.4, -0.2) is 25.9 Å². The van der Waals surface area contributed by atoms with Crippen LogP contribution in [0.15, 0.2) is 72.8 Å². The van der Waals surface area contributed by atoms with E-state index in [-0.39, 0.29) is 12.5 Å². The van der Waals surface area contributed by atoms with Gasteiger partial charge in [-0.25, -0.2) is 4.79 Å². The van der Waals surface area contributed by atoms with E-state index in [9.17, 15) is 4.79 Å². The van der Waals surface area contributed by atoms with Gasteiger partial charge in [0.15, 0.2) is 0 Å². The smallest absolute Gasteiger partial charge is 0.407 e. The van der Waals surface area contributed by atoms with E-state index in [2.05, 4.69) is 41.4 Å². The Bertz CT molecular complexity index is 1050. The minimum absolute atomic E-state index is 0.0538. The van der Waals surface area contributed by atoms with Gasteiger partial charge in [0.05, 0.1) is 13.2 Å². The molecule has 150 valence electrons. The van der Waals surface area contributed by atoms with Crippen LogP contribution in [0.25, 0.3) is 11.1 Å². The second-order valence-electron chi connectivity index (χ2n) is 6.94. The highest BCUT2D eigenvalue weighted by Gasteiger charge is 2.28. The largest absolute Gasteiger partial charge is 0.494 e. The van der Waals surface area contributed by atoms with Gasteiger partial charge in [-0.05, 0) is 53.4 Å². The summed E-state index contributed by atoms with van der Waals surface area (Å²) in [6, 6.07) is 24.1. The van der Waals surface area contributed by atoms with E-state index in [0.29, 0.717) is 13.2 Å². The lowest BCUT2D eigenvalue weighted by Crippen LogP contribution is -2.26. The van der Waals surface area contributed by atoms with Gasteiger partial charge in [0, 0.05) is 11.5 Å². The van der Waals surface area contributed by atoms with Gasteiger partial charge in [-0.3, -0.25) is 0 Å². The Morgan fingerprint density at radius 3 is 2.20 bits per heavy atom. The first-order chi connectivity index (χ1) is 14.8. The molecular weight excluding hydrogens is 374 g/mol. The highest BCUT2D eigenvalue weighted by Crippen LogP contribution is 2.44. The number of carbonyl (C=O) groups excluding carboxylic acids is 1. The lowest BCUT2D eigenvalue weighted by atomic mass is 9.98. The summed E-state index contributed by atoms with van der Waals surface area (Å²) >= 11 is 0. The molecule has 3 aromatic carbocycles. The summed E-state index contributed by atoms with van der Waals surface area (Å²) in [6.07, 6.45) is -0.460. The number of alkyl carbamates (subject to hydrolysis) is 1. The summed E-state index contributed by atoms with van der Waals surface area (Å²) in [4.78, 5) is 12.1. The van der Waals surface area contributed by atoms with E-state index in [1.54, 1.807) is 0 Å². The van der Waals surface area contributed by atoms with E-state index in [0.717, 1.165) is 11.3 Å². The standard InChI is InChI=1S/C26H23NO3/c1-2-29-20-15-13-19(14-16-20)8-7-17-27-26(28)30-18-25-23-11-5-3-9-21(23)22-10-4-6-12-24(22)25/h3-6,9-16,25H,2,17-18H2,1H3,(H,27,28). The van der Waals surface area contributed by atoms with Gasteiger partial charge in [0.25, 0.3) is 0 Å². The minimum Gasteiger partial charge on any atom is -0.494 e. The second-order valence-corrected chi connectivity index (χ2v) is 6.94. The summed E-state index contributed by atoms with van der Waals surface area (Å²) in [5.41, 5.74) is 5.68. The Labute approximate surface area is 176 Å². The molecule has 1 aliphatic rings. The Morgan fingerprint density at radius 2 is 1.57 bits per heavy atom.